The minimum atomic E-state index is -0.467. The van der Waals surface area contributed by atoms with Crippen molar-refractivity contribution in [2.75, 3.05) is 0 Å². The minimum absolute atomic E-state index is 0.152. The van der Waals surface area contributed by atoms with E-state index in [2.05, 4.69) is 10.3 Å². The number of benzene rings is 1. The van der Waals surface area contributed by atoms with Crippen LogP contribution < -0.4 is 10.9 Å². The lowest BCUT2D eigenvalue weighted by Gasteiger charge is -2.16. The van der Waals surface area contributed by atoms with E-state index in [4.69, 9.17) is 12.2 Å². The molecule has 1 fully saturated rings. The zero-order chi connectivity index (χ0) is 16.4. The van der Waals surface area contributed by atoms with Crippen LogP contribution in [0.1, 0.15) is 25.7 Å². The molecule has 1 aromatic carbocycles. The first-order valence-electron chi connectivity index (χ1n) is 7.75. The minimum Gasteiger partial charge on any atom is -0.391 e. The van der Waals surface area contributed by atoms with Gasteiger partial charge in [-0.05, 0) is 43.6 Å². The van der Waals surface area contributed by atoms with Gasteiger partial charge in [-0.2, -0.15) is 0 Å². The van der Waals surface area contributed by atoms with E-state index in [1.165, 1.54) is 4.57 Å². The summed E-state index contributed by atoms with van der Waals surface area (Å²) >= 11 is 5.22. The molecule has 23 heavy (non-hydrogen) atoms. The molecule has 3 N–H and O–H groups in total. The number of rotatable bonds is 4. The lowest BCUT2D eigenvalue weighted by atomic mass is 10.2. The molecule has 1 amide bonds. The summed E-state index contributed by atoms with van der Waals surface area (Å²) in [7, 11) is 0. The van der Waals surface area contributed by atoms with Gasteiger partial charge in [0.1, 0.15) is 0 Å². The molecular weight excluding hydrogens is 314 g/mol. The van der Waals surface area contributed by atoms with Crippen LogP contribution >= 0.6 is 12.2 Å². The van der Waals surface area contributed by atoms with Gasteiger partial charge in [-0.15, -0.1) is 0 Å². The van der Waals surface area contributed by atoms with Crippen LogP contribution in [-0.2, 0) is 11.3 Å². The number of carbonyl (C=O) groups excluding carboxylic acids is 1. The molecule has 1 heterocycles. The highest BCUT2D eigenvalue weighted by atomic mass is 32.1. The molecule has 1 aliphatic rings. The van der Waals surface area contributed by atoms with Crippen LogP contribution in [0.4, 0.5) is 0 Å². The molecule has 0 saturated heterocycles. The van der Waals surface area contributed by atoms with Gasteiger partial charge in [0, 0.05) is 13.0 Å². The molecule has 3 rings (SSSR count). The summed E-state index contributed by atoms with van der Waals surface area (Å²) in [6, 6.07) is 6.97. The van der Waals surface area contributed by atoms with E-state index in [1.54, 1.807) is 18.2 Å². The van der Waals surface area contributed by atoms with Gasteiger partial charge in [-0.1, -0.05) is 12.1 Å². The summed E-state index contributed by atoms with van der Waals surface area (Å²) in [5, 5.41) is 13.1. The number of hydrogen-bond donors (Lipinski definition) is 3. The average molecular weight is 333 g/mol. The van der Waals surface area contributed by atoms with E-state index in [1.807, 2.05) is 6.07 Å². The second kappa shape index (κ2) is 6.64. The van der Waals surface area contributed by atoms with Crippen LogP contribution in [0.15, 0.2) is 29.1 Å². The van der Waals surface area contributed by atoms with Crippen LogP contribution in [-0.4, -0.2) is 32.7 Å². The van der Waals surface area contributed by atoms with Crippen molar-refractivity contribution < 1.29 is 9.90 Å². The fourth-order valence-electron chi connectivity index (χ4n) is 3.00. The monoisotopic (exact) mass is 333 g/mol. The Morgan fingerprint density at radius 3 is 2.91 bits per heavy atom. The summed E-state index contributed by atoms with van der Waals surface area (Å²) in [6.45, 7) is 0.216. The van der Waals surface area contributed by atoms with Crippen molar-refractivity contribution in [2.45, 2.75) is 44.4 Å². The molecule has 1 saturated carbocycles. The maximum atomic E-state index is 12.5. The average Bonchev–Trinajstić information content (AvgIpc) is 2.92. The molecule has 2 atom stereocenters. The number of para-hydroxylation sites is 1. The van der Waals surface area contributed by atoms with Gasteiger partial charge in [-0.25, -0.2) is 0 Å². The highest BCUT2D eigenvalue weighted by molar-refractivity contribution is 7.71. The highest BCUT2D eigenvalue weighted by Gasteiger charge is 2.26. The number of aliphatic hydroxyl groups excluding tert-OH is 1. The van der Waals surface area contributed by atoms with Crippen molar-refractivity contribution in [3.63, 3.8) is 0 Å². The van der Waals surface area contributed by atoms with Gasteiger partial charge in [0.15, 0.2) is 4.77 Å². The molecule has 122 valence electrons. The van der Waals surface area contributed by atoms with Crippen LogP contribution in [0.5, 0.6) is 0 Å². The van der Waals surface area contributed by atoms with Gasteiger partial charge in [0.2, 0.25) is 5.91 Å². The standard InChI is InChI=1S/C16H19N3O3S/c20-13-7-3-6-12(13)17-14(21)8-9-19-15(22)10-4-1-2-5-11(10)18-16(19)23/h1-2,4-5,12-13,20H,3,6-9H2,(H,17,21)(H,18,23)/t12-,13+/m1/s1. The van der Waals surface area contributed by atoms with Gasteiger partial charge < -0.3 is 15.4 Å². The number of H-pyrrole nitrogens is 1. The lowest BCUT2D eigenvalue weighted by molar-refractivity contribution is -0.122. The zero-order valence-electron chi connectivity index (χ0n) is 12.6. The molecule has 1 aromatic heterocycles. The third-order valence-electron chi connectivity index (χ3n) is 4.28. The summed E-state index contributed by atoms with van der Waals surface area (Å²) in [5.74, 6) is -0.176. The van der Waals surface area contributed by atoms with Gasteiger partial charge >= 0.3 is 0 Å². The van der Waals surface area contributed by atoms with E-state index in [-0.39, 0.29) is 30.5 Å². The molecule has 0 radical (unpaired) electrons. The number of fused-ring (bicyclic) bond motifs is 1. The van der Waals surface area contributed by atoms with E-state index < -0.39 is 6.10 Å². The van der Waals surface area contributed by atoms with Crippen molar-refractivity contribution in [1.82, 2.24) is 14.9 Å². The van der Waals surface area contributed by atoms with E-state index in [0.717, 1.165) is 19.3 Å². The molecule has 1 aliphatic carbocycles. The predicted octanol–water partition coefficient (Wildman–Crippen LogP) is 1.48. The van der Waals surface area contributed by atoms with E-state index >= 15 is 0 Å². The number of aromatic amines is 1. The molecule has 0 unspecified atom stereocenters. The predicted molar refractivity (Wildman–Crippen MR) is 89.8 cm³/mol. The Morgan fingerprint density at radius 2 is 2.17 bits per heavy atom. The Morgan fingerprint density at radius 1 is 1.39 bits per heavy atom. The first kappa shape index (κ1) is 15.9. The fourth-order valence-corrected chi connectivity index (χ4v) is 3.29. The SMILES string of the molecule is O=C(CCn1c(=S)[nH]c2ccccc2c1=O)N[C@@H]1CCC[C@@H]1O. The maximum absolute atomic E-state index is 12.5. The van der Waals surface area contributed by atoms with Gasteiger partial charge in [0.25, 0.3) is 5.56 Å². The van der Waals surface area contributed by atoms with Crippen molar-refractivity contribution in [2.24, 2.45) is 0 Å². The third-order valence-corrected chi connectivity index (χ3v) is 4.60. The summed E-state index contributed by atoms with van der Waals surface area (Å²) in [4.78, 5) is 27.5. The fraction of sp³-hybridized carbons (Fsp3) is 0.438. The number of aliphatic hydroxyl groups is 1. The maximum Gasteiger partial charge on any atom is 0.262 e. The Bertz CT molecular complexity index is 842. The second-order valence-corrected chi connectivity index (χ2v) is 6.24. The topological polar surface area (TPSA) is 87.1 Å². The molecular formula is C16H19N3O3S. The van der Waals surface area contributed by atoms with Crippen molar-refractivity contribution in [1.29, 1.82) is 0 Å². The van der Waals surface area contributed by atoms with Crippen molar-refractivity contribution >= 4 is 29.0 Å². The molecule has 0 bridgehead atoms. The third kappa shape index (κ3) is 3.35. The number of aromatic nitrogens is 2. The van der Waals surface area contributed by atoms with Crippen LogP contribution in [0.25, 0.3) is 10.9 Å². The van der Waals surface area contributed by atoms with E-state index in [0.29, 0.717) is 15.7 Å². The normalized spacial score (nSPS) is 20.7. The first-order valence-corrected chi connectivity index (χ1v) is 8.16. The van der Waals surface area contributed by atoms with Crippen LogP contribution in [0.2, 0.25) is 0 Å². The Kier molecular flexibility index (Phi) is 4.58. The Balaban J connectivity index is 1.73. The van der Waals surface area contributed by atoms with Crippen LogP contribution in [0.3, 0.4) is 0 Å². The molecule has 6 nitrogen and oxygen atoms in total. The van der Waals surface area contributed by atoms with Gasteiger partial charge in [-0.3, -0.25) is 14.2 Å². The number of carbonyl (C=O) groups is 1. The van der Waals surface area contributed by atoms with Gasteiger partial charge in [0.05, 0.1) is 23.0 Å². The number of nitrogens with one attached hydrogen (secondary N) is 2. The summed E-state index contributed by atoms with van der Waals surface area (Å²) in [6.07, 6.45) is 2.12. The molecule has 7 heteroatoms. The Labute approximate surface area is 138 Å². The summed E-state index contributed by atoms with van der Waals surface area (Å²) in [5.41, 5.74) is 0.496. The van der Waals surface area contributed by atoms with Crippen molar-refractivity contribution in [3.05, 3.63) is 39.4 Å². The van der Waals surface area contributed by atoms with Crippen molar-refractivity contribution in [3.8, 4) is 0 Å². The zero-order valence-corrected chi connectivity index (χ0v) is 13.4. The van der Waals surface area contributed by atoms with Crippen LogP contribution in [0, 0.1) is 4.77 Å². The quantitative estimate of drug-likeness (QED) is 0.740. The number of amides is 1. The molecule has 2 aromatic rings. The highest BCUT2D eigenvalue weighted by Crippen LogP contribution is 2.18. The number of hydrogen-bond acceptors (Lipinski definition) is 4. The smallest absolute Gasteiger partial charge is 0.262 e. The lowest BCUT2D eigenvalue weighted by Crippen LogP contribution is -2.40. The largest absolute Gasteiger partial charge is 0.391 e. The molecule has 0 spiro atoms. The first-order chi connectivity index (χ1) is 11.1. The summed E-state index contributed by atoms with van der Waals surface area (Å²) < 4.78 is 1.71. The number of nitrogens with zero attached hydrogens (tertiary/aromatic N) is 1. The Hall–Kier alpha value is -1.99. The second-order valence-electron chi connectivity index (χ2n) is 5.85. The molecule has 0 aliphatic heterocycles. The van der Waals surface area contributed by atoms with E-state index in [9.17, 15) is 14.7 Å².